The van der Waals surface area contributed by atoms with E-state index in [2.05, 4.69) is 15.8 Å². The van der Waals surface area contributed by atoms with Gasteiger partial charge in [0.05, 0.1) is 16.3 Å². The first-order valence-electron chi connectivity index (χ1n) is 10.7. The fourth-order valence-electron chi connectivity index (χ4n) is 3.34. The van der Waals surface area contributed by atoms with Crippen LogP contribution in [0, 0.1) is 0 Å². The highest BCUT2D eigenvalue weighted by Gasteiger charge is 2.12. The summed E-state index contributed by atoms with van der Waals surface area (Å²) < 4.78 is 5.59. The number of hydrogen-bond acceptors (Lipinski definition) is 4. The van der Waals surface area contributed by atoms with E-state index < -0.39 is 0 Å². The minimum Gasteiger partial charge on any atom is -0.484 e. The Morgan fingerprint density at radius 2 is 1.69 bits per heavy atom. The van der Waals surface area contributed by atoms with Gasteiger partial charge in [0.15, 0.2) is 6.61 Å². The van der Waals surface area contributed by atoms with Gasteiger partial charge in [-0.1, -0.05) is 65.7 Å². The third kappa shape index (κ3) is 6.38. The molecule has 0 aromatic heterocycles. The summed E-state index contributed by atoms with van der Waals surface area (Å²) in [5.74, 6) is -0.152. The van der Waals surface area contributed by atoms with Gasteiger partial charge in [-0.25, -0.2) is 5.43 Å². The van der Waals surface area contributed by atoms with E-state index in [0.29, 0.717) is 27.7 Å². The zero-order valence-corrected chi connectivity index (χ0v) is 20.2. The van der Waals surface area contributed by atoms with E-state index in [1.807, 2.05) is 48.5 Å². The van der Waals surface area contributed by atoms with Crippen LogP contribution in [0.3, 0.4) is 0 Å². The number of hydrogen-bond donors (Lipinski definition) is 2. The van der Waals surface area contributed by atoms with Crippen molar-refractivity contribution in [1.29, 1.82) is 0 Å². The molecule has 176 valence electrons. The lowest BCUT2D eigenvalue weighted by molar-refractivity contribution is -0.123. The number of fused-ring (bicyclic) bond motifs is 1. The summed E-state index contributed by atoms with van der Waals surface area (Å²) in [6.07, 6.45) is 0. The van der Waals surface area contributed by atoms with Gasteiger partial charge in [0.1, 0.15) is 5.75 Å². The van der Waals surface area contributed by atoms with Gasteiger partial charge in [-0.2, -0.15) is 5.10 Å². The number of ether oxygens (including phenoxy) is 1. The molecule has 0 fully saturated rings. The highest BCUT2D eigenvalue weighted by Crippen LogP contribution is 2.23. The number of benzene rings is 4. The largest absolute Gasteiger partial charge is 0.484 e. The summed E-state index contributed by atoms with van der Waals surface area (Å²) in [6.45, 7) is 1.58. The van der Waals surface area contributed by atoms with Gasteiger partial charge in [-0.15, -0.1) is 0 Å². The molecule has 2 amide bonds. The van der Waals surface area contributed by atoms with E-state index in [9.17, 15) is 9.59 Å². The molecule has 8 heteroatoms. The fraction of sp³-hybridized carbons (Fsp3) is 0.0741. The Bertz CT molecular complexity index is 1440. The number of hydrazone groups is 1. The van der Waals surface area contributed by atoms with Gasteiger partial charge in [-0.05, 0) is 65.7 Å². The predicted molar refractivity (Wildman–Crippen MR) is 141 cm³/mol. The van der Waals surface area contributed by atoms with Crippen molar-refractivity contribution in [2.24, 2.45) is 5.10 Å². The Hall–Kier alpha value is -3.87. The quantitative estimate of drug-likeness (QED) is 0.228. The van der Waals surface area contributed by atoms with E-state index in [-0.39, 0.29) is 23.4 Å². The lowest BCUT2D eigenvalue weighted by Gasteiger charge is -2.09. The van der Waals surface area contributed by atoms with Gasteiger partial charge >= 0.3 is 0 Å². The summed E-state index contributed by atoms with van der Waals surface area (Å²) >= 11 is 12.0. The van der Waals surface area contributed by atoms with Gasteiger partial charge in [-0.3, -0.25) is 9.59 Å². The first kappa shape index (κ1) is 24.3. The lowest BCUT2D eigenvalue weighted by atomic mass is 10.1. The summed E-state index contributed by atoms with van der Waals surface area (Å²) in [4.78, 5) is 24.8. The maximum atomic E-state index is 12.6. The molecular weight excluding hydrogens is 485 g/mol. The van der Waals surface area contributed by atoms with Crippen LogP contribution in [-0.2, 0) is 4.79 Å². The Balaban J connectivity index is 1.35. The summed E-state index contributed by atoms with van der Waals surface area (Å²) in [7, 11) is 0. The van der Waals surface area contributed by atoms with Crippen molar-refractivity contribution in [1.82, 2.24) is 5.43 Å². The zero-order chi connectivity index (χ0) is 24.8. The van der Waals surface area contributed by atoms with Crippen LogP contribution in [0.5, 0.6) is 5.75 Å². The average molecular weight is 506 g/mol. The molecule has 0 aliphatic rings. The zero-order valence-electron chi connectivity index (χ0n) is 18.7. The molecule has 0 spiro atoms. The number of anilines is 1. The van der Waals surface area contributed by atoms with Gasteiger partial charge in [0.25, 0.3) is 11.8 Å². The van der Waals surface area contributed by atoms with Crippen LogP contribution in [0.1, 0.15) is 22.8 Å². The standard InChI is InChI=1S/C27H21Cl2N3O3/c1-17(31-32-26(33)16-35-23-11-9-18-5-2-3-6-20(18)14-23)19-7-4-8-22(13-19)30-27(34)24-12-10-21(28)15-25(24)29/h2-15H,16H2,1H3,(H,30,34)(H,32,33). The summed E-state index contributed by atoms with van der Waals surface area (Å²) in [5, 5.41) is 9.79. The monoisotopic (exact) mass is 505 g/mol. The Labute approximate surface area is 212 Å². The number of nitrogens with zero attached hydrogens (tertiary/aromatic N) is 1. The molecule has 2 N–H and O–H groups in total. The second-order valence-electron chi connectivity index (χ2n) is 7.69. The van der Waals surface area contributed by atoms with Crippen molar-refractivity contribution in [2.45, 2.75) is 6.92 Å². The topological polar surface area (TPSA) is 79.8 Å². The molecule has 0 atom stereocenters. The second kappa shape index (κ2) is 11.0. The van der Waals surface area contributed by atoms with E-state index >= 15 is 0 Å². The van der Waals surface area contributed by atoms with Crippen LogP contribution >= 0.6 is 23.2 Å². The molecule has 0 unspecified atom stereocenters. The molecule has 0 bridgehead atoms. The van der Waals surface area contributed by atoms with E-state index in [0.717, 1.165) is 16.3 Å². The first-order chi connectivity index (χ1) is 16.9. The molecular formula is C27H21Cl2N3O3. The smallest absolute Gasteiger partial charge is 0.277 e. The van der Waals surface area contributed by atoms with Crippen molar-refractivity contribution in [2.75, 3.05) is 11.9 Å². The highest BCUT2D eigenvalue weighted by atomic mass is 35.5. The minimum atomic E-state index is -0.389. The third-order valence-electron chi connectivity index (χ3n) is 5.15. The number of nitrogens with one attached hydrogen (secondary N) is 2. The van der Waals surface area contributed by atoms with Crippen LogP contribution in [0.4, 0.5) is 5.69 Å². The number of halogens is 2. The SMILES string of the molecule is CC(=NNC(=O)COc1ccc2ccccc2c1)c1cccc(NC(=O)c2ccc(Cl)cc2Cl)c1. The minimum absolute atomic E-state index is 0.174. The normalized spacial score (nSPS) is 11.2. The average Bonchev–Trinajstić information content (AvgIpc) is 2.86. The number of rotatable bonds is 7. The van der Waals surface area contributed by atoms with E-state index in [1.54, 1.807) is 37.3 Å². The number of carbonyl (C=O) groups is 2. The molecule has 4 aromatic carbocycles. The van der Waals surface area contributed by atoms with Crippen molar-refractivity contribution < 1.29 is 14.3 Å². The van der Waals surface area contributed by atoms with Crippen LogP contribution in [-0.4, -0.2) is 24.1 Å². The number of carbonyl (C=O) groups excluding carboxylic acids is 2. The van der Waals surface area contributed by atoms with E-state index in [4.69, 9.17) is 27.9 Å². The van der Waals surface area contributed by atoms with Crippen molar-refractivity contribution in [3.63, 3.8) is 0 Å². The van der Waals surface area contributed by atoms with Gasteiger partial charge in [0.2, 0.25) is 0 Å². The lowest BCUT2D eigenvalue weighted by Crippen LogP contribution is -2.25. The molecule has 4 rings (SSSR count). The van der Waals surface area contributed by atoms with Crippen molar-refractivity contribution >= 4 is 57.2 Å². The Kier molecular flexibility index (Phi) is 7.65. The third-order valence-corrected chi connectivity index (χ3v) is 5.70. The molecule has 0 saturated carbocycles. The van der Waals surface area contributed by atoms with Crippen molar-refractivity contribution in [3.8, 4) is 5.75 Å². The fourth-order valence-corrected chi connectivity index (χ4v) is 3.84. The predicted octanol–water partition coefficient (Wildman–Crippen LogP) is 6.32. The molecule has 0 aliphatic heterocycles. The number of amides is 2. The maximum absolute atomic E-state index is 12.6. The maximum Gasteiger partial charge on any atom is 0.277 e. The molecule has 0 radical (unpaired) electrons. The van der Waals surface area contributed by atoms with Gasteiger partial charge in [0, 0.05) is 10.7 Å². The molecule has 6 nitrogen and oxygen atoms in total. The van der Waals surface area contributed by atoms with Crippen LogP contribution in [0.15, 0.2) is 90.0 Å². The summed E-state index contributed by atoms with van der Waals surface area (Å²) in [5.41, 5.74) is 4.64. The molecule has 4 aromatic rings. The van der Waals surface area contributed by atoms with Crippen LogP contribution in [0.25, 0.3) is 10.8 Å². The molecule has 35 heavy (non-hydrogen) atoms. The Morgan fingerprint density at radius 3 is 2.49 bits per heavy atom. The van der Waals surface area contributed by atoms with Crippen LogP contribution < -0.4 is 15.5 Å². The molecule has 0 heterocycles. The second-order valence-corrected chi connectivity index (χ2v) is 8.53. The Morgan fingerprint density at radius 1 is 0.886 bits per heavy atom. The first-order valence-corrected chi connectivity index (χ1v) is 11.5. The van der Waals surface area contributed by atoms with E-state index in [1.165, 1.54) is 6.07 Å². The van der Waals surface area contributed by atoms with Crippen LogP contribution in [0.2, 0.25) is 10.0 Å². The molecule has 0 aliphatic carbocycles. The van der Waals surface area contributed by atoms with Gasteiger partial charge < -0.3 is 10.1 Å². The molecule has 0 saturated heterocycles. The summed E-state index contributed by atoms with van der Waals surface area (Å²) in [6, 6.07) is 25.3. The highest BCUT2D eigenvalue weighted by molar-refractivity contribution is 6.37. The van der Waals surface area contributed by atoms with Crippen molar-refractivity contribution in [3.05, 3.63) is 106 Å².